The molecule has 100 valence electrons. The lowest BCUT2D eigenvalue weighted by Gasteiger charge is -2.44. The van der Waals surface area contributed by atoms with Crippen LogP contribution in [-0.2, 0) is 0 Å². The zero-order valence-corrected chi connectivity index (χ0v) is 11.8. The minimum absolute atomic E-state index is 0.454. The third kappa shape index (κ3) is 3.45. The number of nitrogens with one attached hydrogen (secondary N) is 1. The highest BCUT2D eigenvalue weighted by atomic mass is 15.2. The highest BCUT2D eigenvalue weighted by molar-refractivity contribution is 4.93. The monoisotopic (exact) mass is 238 g/mol. The Hall–Kier alpha value is -0.0800. The fraction of sp³-hybridized carbons (Fsp3) is 1.00. The summed E-state index contributed by atoms with van der Waals surface area (Å²) < 4.78 is 0. The van der Waals surface area contributed by atoms with Crippen LogP contribution in [0, 0.1) is 5.92 Å². The molecular weight excluding hydrogens is 208 g/mol. The molecule has 0 spiro atoms. The smallest absolute Gasteiger partial charge is 0.0328 e. The van der Waals surface area contributed by atoms with E-state index in [9.17, 15) is 0 Å². The second-order valence-corrected chi connectivity index (χ2v) is 6.44. The van der Waals surface area contributed by atoms with Crippen molar-refractivity contribution < 1.29 is 0 Å². The summed E-state index contributed by atoms with van der Waals surface area (Å²) in [5.74, 6) is 1.03. The maximum atomic E-state index is 3.60. The van der Waals surface area contributed by atoms with Gasteiger partial charge in [-0.1, -0.05) is 32.1 Å². The first-order valence-electron chi connectivity index (χ1n) is 7.61. The number of likely N-dealkylation sites (N-methyl/N-ethyl adjacent to an activating group) is 1. The van der Waals surface area contributed by atoms with E-state index >= 15 is 0 Å². The average molecular weight is 238 g/mol. The number of hydrogen-bond donors (Lipinski definition) is 1. The third-order valence-electron chi connectivity index (χ3n) is 5.14. The summed E-state index contributed by atoms with van der Waals surface area (Å²) in [5, 5.41) is 3.60. The molecule has 1 saturated carbocycles. The van der Waals surface area contributed by atoms with Crippen LogP contribution in [0.2, 0.25) is 0 Å². The Balaban J connectivity index is 1.84. The van der Waals surface area contributed by atoms with Gasteiger partial charge < -0.3 is 10.2 Å². The number of piperidine rings is 1. The van der Waals surface area contributed by atoms with Gasteiger partial charge in [-0.3, -0.25) is 0 Å². The van der Waals surface area contributed by atoms with E-state index in [2.05, 4.69) is 24.3 Å². The van der Waals surface area contributed by atoms with Gasteiger partial charge in [0.2, 0.25) is 0 Å². The van der Waals surface area contributed by atoms with Crippen LogP contribution in [0.25, 0.3) is 0 Å². The van der Waals surface area contributed by atoms with Crippen LogP contribution in [-0.4, -0.2) is 37.6 Å². The van der Waals surface area contributed by atoms with E-state index in [1.165, 1.54) is 70.9 Å². The molecule has 2 heteroatoms. The molecule has 0 unspecified atom stereocenters. The van der Waals surface area contributed by atoms with Crippen molar-refractivity contribution in [3.8, 4) is 0 Å². The largest absolute Gasteiger partial charge is 0.315 e. The topological polar surface area (TPSA) is 15.3 Å². The number of hydrogen-bond acceptors (Lipinski definition) is 2. The van der Waals surface area contributed by atoms with E-state index in [1.807, 2.05) is 0 Å². The van der Waals surface area contributed by atoms with Gasteiger partial charge in [-0.05, 0) is 52.2 Å². The summed E-state index contributed by atoms with van der Waals surface area (Å²) in [6.07, 6.45) is 13.0. The molecule has 2 aliphatic rings. The van der Waals surface area contributed by atoms with Crippen LogP contribution < -0.4 is 5.32 Å². The van der Waals surface area contributed by atoms with Gasteiger partial charge in [0.15, 0.2) is 0 Å². The van der Waals surface area contributed by atoms with Gasteiger partial charge in [-0.2, -0.15) is 0 Å². The van der Waals surface area contributed by atoms with Crippen LogP contribution in [0.15, 0.2) is 0 Å². The van der Waals surface area contributed by atoms with Crippen molar-refractivity contribution in [2.45, 2.75) is 63.3 Å². The van der Waals surface area contributed by atoms with Crippen molar-refractivity contribution in [3.05, 3.63) is 0 Å². The molecule has 0 aromatic heterocycles. The van der Waals surface area contributed by atoms with Crippen LogP contribution in [0.1, 0.15) is 57.8 Å². The predicted molar refractivity (Wildman–Crippen MR) is 74.3 cm³/mol. The fourth-order valence-electron chi connectivity index (χ4n) is 3.72. The molecule has 0 radical (unpaired) electrons. The van der Waals surface area contributed by atoms with Gasteiger partial charge in [0, 0.05) is 12.1 Å². The Morgan fingerprint density at radius 1 is 1.12 bits per heavy atom. The Morgan fingerprint density at radius 3 is 2.47 bits per heavy atom. The predicted octanol–water partition coefficient (Wildman–Crippen LogP) is 3.03. The van der Waals surface area contributed by atoms with Crippen LogP contribution in [0.3, 0.4) is 0 Å². The van der Waals surface area contributed by atoms with Crippen LogP contribution in [0.4, 0.5) is 0 Å². The molecule has 2 nitrogen and oxygen atoms in total. The van der Waals surface area contributed by atoms with Gasteiger partial charge in [-0.25, -0.2) is 0 Å². The Labute approximate surface area is 107 Å². The minimum Gasteiger partial charge on any atom is -0.315 e. The van der Waals surface area contributed by atoms with E-state index in [0.717, 1.165) is 5.92 Å². The molecule has 1 saturated heterocycles. The Morgan fingerprint density at radius 2 is 1.88 bits per heavy atom. The van der Waals surface area contributed by atoms with Crippen molar-refractivity contribution >= 4 is 0 Å². The molecule has 0 bridgehead atoms. The minimum atomic E-state index is 0.454. The zero-order valence-electron chi connectivity index (χ0n) is 11.8. The molecular formula is C15H30N2. The van der Waals surface area contributed by atoms with Crippen LogP contribution in [0.5, 0.6) is 0 Å². The molecule has 1 aliphatic carbocycles. The first kappa shape index (κ1) is 13.4. The first-order chi connectivity index (χ1) is 8.23. The number of rotatable bonds is 4. The van der Waals surface area contributed by atoms with Gasteiger partial charge in [0.1, 0.15) is 0 Å². The Bertz CT molecular complexity index is 213. The standard InChI is InChI=1S/C15H30N2/c1-17(2)15(10-6-12-16-13-15)11-9-14-7-4-3-5-8-14/h14,16H,3-13H2,1-2H3/t15-/m0/s1. The van der Waals surface area contributed by atoms with Crippen molar-refractivity contribution in [1.82, 2.24) is 10.2 Å². The normalized spacial score (nSPS) is 31.9. The summed E-state index contributed by atoms with van der Waals surface area (Å²) in [4.78, 5) is 2.49. The SMILES string of the molecule is CN(C)[C@]1(CCC2CCCCC2)CCCNC1. The third-order valence-corrected chi connectivity index (χ3v) is 5.14. The van der Waals surface area contributed by atoms with Crippen molar-refractivity contribution in [3.63, 3.8) is 0 Å². The summed E-state index contributed by atoms with van der Waals surface area (Å²) >= 11 is 0. The highest BCUT2D eigenvalue weighted by Crippen LogP contribution is 2.33. The molecule has 0 aromatic rings. The lowest BCUT2D eigenvalue weighted by atomic mass is 9.78. The van der Waals surface area contributed by atoms with E-state index in [1.54, 1.807) is 0 Å². The quantitative estimate of drug-likeness (QED) is 0.810. The highest BCUT2D eigenvalue weighted by Gasteiger charge is 2.34. The lowest BCUT2D eigenvalue weighted by molar-refractivity contribution is 0.0926. The molecule has 2 rings (SSSR count). The number of nitrogens with zero attached hydrogens (tertiary/aromatic N) is 1. The van der Waals surface area contributed by atoms with Crippen molar-refractivity contribution in [2.24, 2.45) is 5.92 Å². The fourth-order valence-corrected chi connectivity index (χ4v) is 3.72. The lowest BCUT2D eigenvalue weighted by Crippen LogP contribution is -2.55. The first-order valence-corrected chi connectivity index (χ1v) is 7.61. The summed E-state index contributed by atoms with van der Waals surface area (Å²) in [5.41, 5.74) is 0.454. The van der Waals surface area contributed by atoms with Crippen LogP contribution >= 0.6 is 0 Å². The maximum Gasteiger partial charge on any atom is 0.0328 e. The van der Waals surface area contributed by atoms with E-state index in [-0.39, 0.29) is 0 Å². The molecule has 2 fully saturated rings. The summed E-state index contributed by atoms with van der Waals surface area (Å²) in [6.45, 7) is 2.42. The molecule has 17 heavy (non-hydrogen) atoms. The van der Waals surface area contributed by atoms with Gasteiger partial charge in [-0.15, -0.1) is 0 Å². The molecule has 0 amide bonds. The van der Waals surface area contributed by atoms with E-state index in [4.69, 9.17) is 0 Å². The van der Waals surface area contributed by atoms with Gasteiger partial charge in [0.25, 0.3) is 0 Å². The van der Waals surface area contributed by atoms with Gasteiger partial charge >= 0.3 is 0 Å². The second kappa shape index (κ2) is 6.19. The zero-order chi connectivity index (χ0) is 12.1. The maximum absolute atomic E-state index is 3.60. The summed E-state index contributed by atoms with van der Waals surface area (Å²) in [6, 6.07) is 0. The van der Waals surface area contributed by atoms with E-state index in [0.29, 0.717) is 5.54 Å². The van der Waals surface area contributed by atoms with E-state index < -0.39 is 0 Å². The van der Waals surface area contributed by atoms with Gasteiger partial charge in [0.05, 0.1) is 0 Å². The Kier molecular flexibility index (Phi) is 4.87. The second-order valence-electron chi connectivity index (χ2n) is 6.44. The molecule has 0 aromatic carbocycles. The molecule has 1 N–H and O–H groups in total. The molecule has 1 aliphatic heterocycles. The van der Waals surface area contributed by atoms with Crippen molar-refractivity contribution in [1.29, 1.82) is 0 Å². The molecule has 1 atom stereocenters. The summed E-state index contributed by atoms with van der Waals surface area (Å²) in [7, 11) is 4.54. The van der Waals surface area contributed by atoms with Crippen molar-refractivity contribution in [2.75, 3.05) is 27.2 Å². The average Bonchev–Trinajstić information content (AvgIpc) is 2.38. The molecule has 1 heterocycles.